The lowest BCUT2D eigenvalue weighted by Crippen LogP contribution is -2.50. The zero-order chi connectivity index (χ0) is 13.9. The van der Waals surface area contributed by atoms with E-state index in [0.717, 1.165) is 30.2 Å². The van der Waals surface area contributed by atoms with E-state index in [1.807, 2.05) is 6.07 Å². The van der Waals surface area contributed by atoms with Crippen LogP contribution in [-0.2, 0) is 11.2 Å². The molecule has 0 saturated heterocycles. The van der Waals surface area contributed by atoms with Gasteiger partial charge in [0.25, 0.3) is 0 Å². The summed E-state index contributed by atoms with van der Waals surface area (Å²) in [7, 11) is 0. The van der Waals surface area contributed by atoms with Crippen molar-refractivity contribution in [1.29, 1.82) is 0 Å². The molecule has 3 N–H and O–H groups in total. The van der Waals surface area contributed by atoms with Crippen LogP contribution >= 0.6 is 15.9 Å². The predicted molar refractivity (Wildman–Crippen MR) is 80.9 cm³/mol. The normalized spacial score (nSPS) is 16.8. The number of carbonyl (C=O) groups is 1. The number of aryl methyl sites for hydroxylation is 1. The third-order valence-electron chi connectivity index (χ3n) is 4.17. The fourth-order valence-electron chi connectivity index (χ4n) is 2.54. The Morgan fingerprint density at radius 1 is 1.47 bits per heavy atom. The maximum atomic E-state index is 12.1. The molecule has 1 fully saturated rings. The Morgan fingerprint density at radius 3 is 2.79 bits per heavy atom. The van der Waals surface area contributed by atoms with Crippen molar-refractivity contribution in [3.63, 3.8) is 0 Å². The molecule has 1 amide bonds. The summed E-state index contributed by atoms with van der Waals surface area (Å²) in [6.45, 7) is 3.24. The Balaban J connectivity index is 1.86. The molecule has 3 nitrogen and oxygen atoms in total. The molecule has 19 heavy (non-hydrogen) atoms. The highest BCUT2D eigenvalue weighted by Crippen LogP contribution is 2.39. The van der Waals surface area contributed by atoms with Crippen LogP contribution in [0.1, 0.15) is 30.4 Å². The molecule has 1 aliphatic carbocycles. The second-order valence-corrected chi connectivity index (χ2v) is 6.33. The van der Waals surface area contributed by atoms with E-state index in [9.17, 15) is 4.79 Å². The Labute approximate surface area is 123 Å². The summed E-state index contributed by atoms with van der Waals surface area (Å²) in [5.41, 5.74) is 7.99. The van der Waals surface area contributed by atoms with Crippen LogP contribution in [0.5, 0.6) is 0 Å². The largest absolute Gasteiger partial charge is 0.355 e. The van der Waals surface area contributed by atoms with Crippen molar-refractivity contribution >= 4 is 21.8 Å². The Bertz CT molecular complexity index is 464. The molecule has 0 spiro atoms. The fraction of sp³-hybridized carbons (Fsp3) is 0.533. The van der Waals surface area contributed by atoms with Crippen LogP contribution < -0.4 is 11.1 Å². The third-order valence-corrected chi connectivity index (χ3v) is 4.67. The van der Waals surface area contributed by atoms with Gasteiger partial charge in [-0.1, -0.05) is 28.4 Å². The number of nitrogens with two attached hydrogens (primary N) is 1. The number of amides is 1. The van der Waals surface area contributed by atoms with Crippen LogP contribution in [0.15, 0.2) is 22.7 Å². The average molecular weight is 325 g/mol. The minimum absolute atomic E-state index is 0.133. The lowest BCUT2D eigenvalue weighted by molar-refractivity contribution is -0.135. The van der Waals surface area contributed by atoms with Crippen LogP contribution in [0.25, 0.3) is 0 Å². The van der Waals surface area contributed by atoms with E-state index in [1.165, 1.54) is 11.1 Å². The molecule has 0 atom stereocenters. The summed E-state index contributed by atoms with van der Waals surface area (Å²) in [4.78, 5) is 12.1. The zero-order valence-electron chi connectivity index (χ0n) is 11.3. The van der Waals surface area contributed by atoms with Crippen LogP contribution in [0.2, 0.25) is 0 Å². The van der Waals surface area contributed by atoms with Gasteiger partial charge < -0.3 is 11.1 Å². The number of carbonyl (C=O) groups excluding carboxylic acids is 1. The van der Waals surface area contributed by atoms with Gasteiger partial charge in [-0.2, -0.15) is 0 Å². The van der Waals surface area contributed by atoms with Crippen molar-refractivity contribution in [3.05, 3.63) is 33.8 Å². The van der Waals surface area contributed by atoms with Crippen molar-refractivity contribution in [1.82, 2.24) is 5.32 Å². The number of halogens is 1. The third kappa shape index (κ3) is 3.18. The van der Waals surface area contributed by atoms with Crippen molar-refractivity contribution in [2.45, 2.75) is 32.6 Å². The Kier molecular flexibility index (Phi) is 4.63. The van der Waals surface area contributed by atoms with Gasteiger partial charge in [0.2, 0.25) is 5.91 Å². The standard InChI is InChI=1S/C15H21BrN2O/c1-11-3-4-13(16)9-12(11)5-8-18-14(19)15(10-17)6-2-7-15/h3-4,9H,2,5-8,10,17H2,1H3,(H,18,19). The SMILES string of the molecule is Cc1ccc(Br)cc1CCNC(=O)C1(CN)CCC1. The quantitative estimate of drug-likeness (QED) is 0.874. The number of hydrogen-bond donors (Lipinski definition) is 2. The van der Waals surface area contributed by atoms with E-state index in [0.29, 0.717) is 13.1 Å². The van der Waals surface area contributed by atoms with Gasteiger partial charge in [0.1, 0.15) is 0 Å². The van der Waals surface area contributed by atoms with Crippen molar-refractivity contribution in [3.8, 4) is 0 Å². The maximum Gasteiger partial charge on any atom is 0.227 e. The summed E-state index contributed by atoms with van der Waals surface area (Å²) >= 11 is 3.48. The molecule has 4 heteroatoms. The molecule has 1 aromatic carbocycles. The molecule has 1 aromatic rings. The fourth-order valence-corrected chi connectivity index (χ4v) is 2.94. The van der Waals surface area contributed by atoms with E-state index in [-0.39, 0.29) is 11.3 Å². The van der Waals surface area contributed by atoms with Crippen molar-refractivity contribution in [2.24, 2.45) is 11.1 Å². The first-order valence-corrected chi connectivity index (χ1v) is 7.60. The zero-order valence-corrected chi connectivity index (χ0v) is 12.9. The highest BCUT2D eigenvalue weighted by molar-refractivity contribution is 9.10. The monoisotopic (exact) mass is 324 g/mol. The number of benzene rings is 1. The molecule has 1 aliphatic rings. The second-order valence-electron chi connectivity index (χ2n) is 5.41. The molecule has 0 aromatic heterocycles. The predicted octanol–water partition coefficient (Wildman–Crippen LogP) is 2.55. The van der Waals surface area contributed by atoms with Crippen LogP contribution in [0.4, 0.5) is 0 Å². The number of nitrogens with one attached hydrogen (secondary N) is 1. The highest BCUT2D eigenvalue weighted by Gasteiger charge is 2.42. The van der Waals surface area contributed by atoms with Gasteiger partial charge in [-0.25, -0.2) is 0 Å². The summed E-state index contributed by atoms with van der Waals surface area (Å²) in [6, 6.07) is 6.24. The highest BCUT2D eigenvalue weighted by atomic mass is 79.9. The summed E-state index contributed by atoms with van der Waals surface area (Å²) in [6.07, 6.45) is 3.85. The van der Waals surface area contributed by atoms with Crippen LogP contribution in [0, 0.1) is 12.3 Å². The molecule has 0 heterocycles. The van der Waals surface area contributed by atoms with E-state index in [2.05, 4.69) is 40.3 Å². The van der Waals surface area contributed by atoms with Gasteiger partial charge >= 0.3 is 0 Å². The number of rotatable bonds is 5. The summed E-state index contributed by atoms with van der Waals surface area (Å²) in [5, 5.41) is 3.04. The Hall–Kier alpha value is -0.870. The molecule has 2 rings (SSSR count). The molecule has 104 valence electrons. The molecule has 0 radical (unpaired) electrons. The number of hydrogen-bond acceptors (Lipinski definition) is 2. The Morgan fingerprint density at radius 2 is 2.21 bits per heavy atom. The summed E-state index contributed by atoms with van der Waals surface area (Å²) in [5.74, 6) is 0.133. The van der Waals surface area contributed by atoms with Gasteiger partial charge in [-0.3, -0.25) is 4.79 Å². The van der Waals surface area contributed by atoms with Gasteiger partial charge in [0.15, 0.2) is 0 Å². The van der Waals surface area contributed by atoms with E-state index in [4.69, 9.17) is 5.73 Å². The lowest BCUT2D eigenvalue weighted by Gasteiger charge is -2.39. The minimum atomic E-state index is -0.272. The second kappa shape index (κ2) is 6.06. The first-order valence-electron chi connectivity index (χ1n) is 6.81. The minimum Gasteiger partial charge on any atom is -0.355 e. The van der Waals surface area contributed by atoms with Crippen LogP contribution in [-0.4, -0.2) is 19.0 Å². The molecule has 1 saturated carbocycles. The topological polar surface area (TPSA) is 55.1 Å². The van der Waals surface area contributed by atoms with Crippen molar-refractivity contribution in [2.75, 3.05) is 13.1 Å². The average Bonchev–Trinajstić information content (AvgIpc) is 2.33. The molecular weight excluding hydrogens is 304 g/mol. The summed E-state index contributed by atoms with van der Waals surface area (Å²) < 4.78 is 1.08. The molecule has 0 unspecified atom stereocenters. The first-order chi connectivity index (χ1) is 9.07. The van der Waals surface area contributed by atoms with Gasteiger partial charge in [0.05, 0.1) is 5.41 Å². The van der Waals surface area contributed by atoms with Crippen molar-refractivity contribution < 1.29 is 4.79 Å². The van der Waals surface area contributed by atoms with E-state index in [1.54, 1.807) is 0 Å². The smallest absolute Gasteiger partial charge is 0.227 e. The van der Waals surface area contributed by atoms with Gasteiger partial charge in [-0.15, -0.1) is 0 Å². The molecule has 0 bridgehead atoms. The molecular formula is C15H21BrN2O. The molecule has 0 aliphatic heterocycles. The van der Waals surface area contributed by atoms with E-state index < -0.39 is 0 Å². The lowest BCUT2D eigenvalue weighted by atomic mass is 9.68. The first kappa shape index (κ1) is 14.5. The van der Waals surface area contributed by atoms with E-state index >= 15 is 0 Å². The maximum absolute atomic E-state index is 12.1. The van der Waals surface area contributed by atoms with Gasteiger partial charge in [-0.05, 0) is 49.4 Å². The van der Waals surface area contributed by atoms with Gasteiger partial charge in [0, 0.05) is 17.6 Å². The van der Waals surface area contributed by atoms with Crippen LogP contribution in [0.3, 0.4) is 0 Å².